The Labute approximate surface area is 168 Å². The number of nitrogen functional groups attached to an aromatic ring is 1. The van der Waals surface area contributed by atoms with Crippen molar-refractivity contribution < 1.29 is 18.4 Å². The minimum absolute atomic E-state index is 0.0435. The maximum Gasteiger partial charge on any atom is 0.257 e. The van der Waals surface area contributed by atoms with Crippen LogP contribution in [0.5, 0.6) is 0 Å². The van der Waals surface area contributed by atoms with Gasteiger partial charge in [-0.15, -0.1) is 23.2 Å². The zero-order valence-electron chi connectivity index (χ0n) is 13.9. The van der Waals surface area contributed by atoms with E-state index in [2.05, 4.69) is 10.6 Å². The van der Waals surface area contributed by atoms with E-state index >= 15 is 0 Å². The summed E-state index contributed by atoms with van der Waals surface area (Å²) in [5.74, 6) is -3.17. The van der Waals surface area contributed by atoms with Gasteiger partial charge in [-0.3, -0.25) is 9.59 Å². The predicted octanol–water partition coefficient (Wildman–Crippen LogP) is 4.98. The second-order valence-electron chi connectivity index (χ2n) is 5.79. The second-order valence-corrected chi connectivity index (χ2v) is 8.06. The standard InChI is InChI=1S/C17H14Cl3F2N3O2/c1-17(19,20)7-14(26)24-9-2-3-11(18)10(6-9)16(27)25-13-5-8(21)4-12(22)15(13)23/h2-6H,7,23H2,1H3,(H,24,26)(H,25,27). The fourth-order valence-corrected chi connectivity index (χ4v) is 2.59. The summed E-state index contributed by atoms with van der Waals surface area (Å²) in [5, 5.41) is 4.86. The molecule has 0 aromatic heterocycles. The topological polar surface area (TPSA) is 84.2 Å². The maximum absolute atomic E-state index is 13.5. The van der Waals surface area contributed by atoms with Crippen LogP contribution in [0.2, 0.25) is 5.02 Å². The molecule has 144 valence electrons. The van der Waals surface area contributed by atoms with E-state index in [1.54, 1.807) is 0 Å². The van der Waals surface area contributed by atoms with Gasteiger partial charge in [0, 0.05) is 11.8 Å². The molecule has 0 heterocycles. The van der Waals surface area contributed by atoms with Gasteiger partial charge in [-0.1, -0.05) is 11.6 Å². The Kier molecular flexibility index (Phi) is 6.51. The van der Waals surface area contributed by atoms with Gasteiger partial charge >= 0.3 is 0 Å². The largest absolute Gasteiger partial charge is 0.395 e. The molecule has 0 saturated carbocycles. The number of alkyl halides is 2. The summed E-state index contributed by atoms with van der Waals surface area (Å²) in [6, 6.07) is 5.60. The van der Waals surface area contributed by atoms with E-state index in [4.69, 9.17) is 40.5 Å². The molecule has 4 N–H and O–H groups in total. The highest BCUT2D eigenvalue weighted by atomic mass is 35.5. The van der Waals surface area contributed by atoms with Gasteiger partial charge in [-0.05, 0) is 31.2 Å². The molecule has 0 aliphatic carbocycles. The third kappa shape index (κ3) is 5.95. The van der Waals surface area contributed by atoms with Crippen LogP contribution < -0.4 is 16.4 Å². The Balaban J connectivity index is 2.23. The Morgan fingerprint density at radius 3 is 2.44 bits per heavy atom. The predicted molar refractivity (Wildman–Crippen MR) is 104 cm³/mol. The molecule has 0 aliphatic rings. The Morgan fingerprint density at radius 2 is 1.81 bits per heavy atom. The lowest BCUT2D eigenvalue weighted by Gasteiger charge is -2.14. The third-order valence-corrected chi connectivity index (χ3v) is 3.91. The second kappa shape index (κ2) is 8.29. The summed E-state index contributed by atoms with van der Waals surface area (Å²) >= 11 is 17.6. The molecule has 0 unspecified atom stereocenters. The fraction of sp³-hybridized carbons (Fsp3) is 0.176. The Hall–Kier alpha value is -2.09. The molecular weight excluding hydrogens is 423 g/mol. The van der Waals surface area contributed by atoms with E-state index in [0.29, 0.717) is 6.07 Å². The van der Waals surface area contributed by atoms with E-state index in [-0.39, 0.29) is 28.4 Å². The minimum atomic E-state index is -1.25. The zero-order chi connectivity index (χ0) is 20.4. The lowest BCUT2D eigenvalue weighted by atomic mass is 10.1. The normalized spacial score (nSPS) is 11.2. The smallest absolute Gasteiger partial charge is 0.257 e. The van der Waals surface area contributed by atoms with Crippen molar-refractivity contribution in [3.05, 3.63) is 52.6 Å². The van der Waals surface area contributed by atoms with Gasteiger partial charge in [-0.2, -0.15) is 0 Å². The van der Waals surface area contributed by atoms with Gasteiger partial charge in [0.25, 0.3) is 5.91 Å². The van der Waals surface area contributed by atoms with Crippen molar-refractivity contribution in [2.24, 2.45) is 0 Å². The monoisotopic (exact) mass is 435 g/mol. The molecule has 0 fully saturated rings. The van der Waals surface area contributed by atoms with Gasteiger partial charge in [0.15, 0.2) is 5.82 Å². The summed E-state index contributed by atoms with van der Waals surface area (Å²) < 4.78 is 25.6. The van der Waals surface area contributed by atoms with Crippen LogP contribution in [0.4, 0.5) is 25.8 Å². The fourth-order valence-electron chi connectivity index (χ4n) is 2.14. The molecule has 2 rings (SSSR count). The number of carbonyl (C=O) groups is 2. The SMILES string of the molecule is CC(Cl)(Cl)CC(=O)Nc1ccc(Cl)c(C(=O)Nc2cc(F)cc(F)c2N)c1. The van der Waals surface area contributed by atoms with Crippen LogP contribution in [-0.2, 0) is 4.79 Å². The minimum Gasteiger partial charge on any atom is -0.395 e. The first-order valence-electron chi connectivity index (χ1n) is 7.49. The van der Waals surface area contributed by atoms with Gasteiger partial charge < -0.3 is 16.4 Å². The van der Waals surface area contributed by atoms with Crippen molar-refractivity contribution in [3.63, 3.8) is 0 Å². The van der Waals surface area contributed by atoms with Crippen LogP contribution in [0.3, 0.4) is 0 Å². The van der Waals surface area contributed by atoms with Crippen LogP contribution in [0.15, 0.2) is 30.3 Å². The Bertz CT molecular complexity index is 902. The van der Waals surface area contributed by atoms with Crippen LogP contribution in [0.1, 0.15) is 23.7 Å². The quantitative estimate of drug-likeness (QED) is 0.457. The number of nitrogens with one attached hydrogen (secondary N) is 2. The van der Waals surface area contributed by atoms with Crippen molar-refractivity contribution >= 4 is 63.7 Å². The molecule has 5 nitrogen and oxygen atoms in total. The molecule has 10 heteroatoms. The average molecular weight is 437 g/mol. The first-order chi connectivity index (χ1) is 12.5. The average Bonchev–Trinajstić information content (AvgIpc) is 2.52. The number of halogens is 5. The number of benzene rings is 2. The molecule has 2 aromatic rings. The first kappa shape index (κ1) is 21.2. The molecule has 0 aliphatic heterocycles. The van der Waals surface area contributed by atoms with Crippen LogP contribution in [-0.4, -0.2) is 16.1 Å². The molecule has 0 radical (unpaired) electrons. The van der Waals surface area contributed by atoms with Gasteiger partial charge in [0.2, 0.25) is 5.91 Å². The number of nitrogens with two attached hydrogens (primary N) is 1. The number of anilines is 3. The number of amides is 2. The highest BCUT2D eigenvalue weighted by molar-refractivity contribution is 6.49. The van der Waals surface area contributed by atoms with Gasteiger partial charge in [0.05, 0.1) is 28.4 Å². The first-order valence-corrected chi connectivity index (χ1v) is 8.63. The molecule has 0 atom stereocenters. The maximum atomic E-state index is 13.5. The molecule has 2 aromatic carbocycles. The molecule has 27 heavy (non-hydrogen) atoms. The molecule has 0 saturated heterocycles. The van der Waals surface area contributed by atoms with E-state index in [1.807, 2.05) is 0 Å². The summed E-state index contributed by atoms with van der Waals surface area (Å²) in [5.41, 5.74) is 5.04. The summed E-state index contributed by atoms with van der Waals surface area (Å²) in [6.07, 6.45) is -0.181. The zero-order valence-corrected chi connectivity index (χ0v) is 16.1. The van der Waals surface area contributed by atoms with Crippen molar-refractivity contribution in [1.82, 2.24) is 0 Å². The van der Waals surface area contributed by atoms with E-state index in [0.717, 1.165) is 6.07 Å². The number of hydrogen-bond donors (Lipinski definition) is 3. The lowest BCUT2D eigenvalue weighted by molar-refractivity contribution is -0.116. The Morgan fingerprint density at radius 1 is 1.15 bits per heavy atom. The third-order valence-electron chi connectivity index (χ3n) is 3.31. The van der Waals surface area contributed by atoms with Crippen LogP contribution in [0, 0.1) is 11.6 Å². The van der Waals surface area contributed by atoms with Crippen molar-refractivity contribution in [2.75, 3.05) is 16.4 Å². The van der Waals surface area contributed by atoms with Crippen LogP contribution in [0.25, 0.3) is 0 Å². The molecular formula is C17H14Cl3F2N3O2. The number of carbonyl (C=O) groups excluding carboxylic acids is 2. The summed E-state index contributed by atoms with van der Waals surface area (Å²) in [6.45, 7) is 1.46. The summed E-state index contributed by atoms with van der Waals surface area (Å²) in [4.78, 5) is 24.3. The van der Waals surface area contributed by atoms with Crippen molar-refractivity contribution in [2.45, 2.75) is 17.7 Å². The van der Waals surface area contributed by atoms with Gasteiger partial charge in [0.1, 0.15) is 10.2 Å². The van der Waals surface area contributed by atoms with Crippen LogP contribution >= 0.6 is 34.8 Å². The van der Waals surface area contributed by atoms with Crippen molar-refractivity contribution in [3.8, 4) is 0 Å². The molecule has 2 amide bonds. The van der Waals surface area contributed by atoms with E-state index in [1.165, 1.54) is 25.1 Å². The van der Waals surface area contributed by atoms with Gasteiger partial charge in [-0.25, -0.2) is 8.78 Å². The number of hydrogen-bond acceptors (Lipinski definition) is 3. The van der Waals surface area contributed by atoms with E-state index < -0.39 is 33.5 Å². The highest BCUT2D eigenvalue weighted by Crippen LogP contribution is 2.28. The highest BCUT2D eigenvalue weighted by Gasteiger charge is 2.22. The number of rotatable bonds is 5. The molecule has 0 bridgehead atoms. The summed E-state index contributed by atoms with van der Waals surface area (Å²) in [7, 11) is 0. The lowest BCUT2D eigenvalue weighted by Crippen LogP contribution is -2.21. The van der Waals surface area contributed by atoms with Crippen molar-refractivity contribution in [1.29, 1.82) is 0 Å². The van der Waals surface area contributed by atoms with E-state index in [9.17, 15) is 18.4 Å². The molecule has 0 spiro atoms.